The third-order valence-electron chi connectivity index (χ3n) is 5.62. The van der Waals surface area contributed by atoms with E-state index in [1.807, 2.05) is 36.4 Å². The van der Waals surface area contributed by atoms with Crippen molar-refractivity contribution in [3.63, 3.8) is 0 Å². The summed E-state index contributed by atoms with van der Waals surface area (Å²) in [4.78, 5) is 0. The standard InChI is InChI=1S/C21H26N2O3S/c1-27(25,26)23(16-8-2-3-9-16)15-17(24)14-22-20-12-6-4-10-18(20)19-11-5-7-13-21(19)22/h4-7,10-13,16-17,24H,2-3,8-9,14-15H2,1H3. The van der Waals surface area contributed by atoms with Crippen LogP contribution in [0.15, 0.2) is 48.5 Å². The first-order valence-corrected chi connectivity index (χ1v) is 11.4. The Hall–Kier alpha value is -1.89. The summed E-state index contributed by atoms with van der Waals surface area (Å²) in [7, 11) is -3.34. The first-order valence-electron chi connectivity index (χ1n) is 9.56. The summed E-state index contributed by atoms with van der Waals surface area (Å²) in [5.41, 5.74) is 2.12. The second-order valence-electron chi connectivity index (χ2n) is 7.57. The minimum Gasteiger partial charge on any atom is -0.390 e. The Bertz CT molecular complexity index is 998. The highest BCUT2D eigenvalue weighted by Gasteiger charge is 2.31. The van der Waals surface area contributed by atoms with Gasteiger partial charge in [0.15, 0.2) is 0 Å². The van der Waals surface area contributed by atoms with Crippen molar-refractivity contribution in [1.29, 1.82) is 0 Å². The van der Waals surface area contributed by atoms with Gasteiger partial charge in [-0.15, -0.1) is 0 Å². The molecule has 27 heavy (non-hydrogen) atoms. The van der Waals surface area contributed by atoms with Crippen LogP contribution in [-0.2, 0) is 16.6 Å². The van der Waals surface area contributed by atoms with Crippen LogP contribution in [-0.4, -0.2) is 47.3 Å². The predicted molar refractivity (Wildman–Crippen MR) is 109 cm³/mol. The molecule has 0 aliphatic heterocycles. The number of benzene rings is 2. The van der Waals surface area contributed by atoms with Gasteiger partial charge in [0.05, 0.1) is 18.9 Å². The lowest BCUT2D eigenvalue weighted by Crippen LogP contribution is -2.43. The Kier molecular flexibility index (Phi) is 4.97. The van der Waals surface area contributed by atoms with Gasteiger partial charge < -0.3 is 9.67 Å². The van der Waals surface area contributed by atoms with E-state index in [0.717, 1.165) is 47.5 Å². The summed E-state index contributed by atoms with van der Waals surface area (Å²) >= 11 is 0. The molecule has 1 N–H and O–H groups in total. The third-order valence-corrected chi connectivity index (χ3v) is 6.92. The zero-order valence-electron chi connectivity index (χ0n) is 15.6. The molecular weight excluding hydrogens is 360 g/mol. The van der Waals surface area contributed by atoms with Crippen LogP contribution in [0.1, 0.15) is 25.7 Å². The van der Waals surface area contributed by atoms with Gasteiger partial charge in [0, 0.05) is 34.4 Å². The van der Waals surface area contributed by atoms with Gasteiger partial charge in [-0.3, -0.25) is 0 Å². The van der Waals surface area contributed by atoms with E-state index in [1.54, 1.807) is 0 Å². The molecule has 3 aromatic rings. The number of fused-ring (bicyclic) bond motifs is 3. The molecular formula is C21H26N2O3S. The molecule has 1 unspecified atom stereocenters. The van der Waals surface area contributed by atoms with Crippen LogP contribution >= 0.6 is 0 Å². The van der Waals surface area contributed by atoms with Gasteiger partial charge in [-0.2, -0.15) is 4.31 Å². The Morgan fingerprint density at radius 1 is 1.04 bits per heavy atom. The number of hydrogen-bond acceptors (Lipinski definition) is 3. The Morgan fingerprint density at radius 2 is 1.56 bits per heavy atom. The SMILES string of the molecule is CS(=O)(=O)N(CC(O)Cn1c2ccccc2c2ccccc21)C1CCCC1. The molecule has 1 aliphatic carbocycles. The average Bonchev–Trinajstić information content (AvgIpc) is 3.27. The van der Waals surface area contributed by atoms with Crippen LogP contribution in [0.4, 0.5) is 0 Å². The summed E-state index contributed by atoms with van der Waals surface area (Å²) in [6.07, 6.45) is 4.36. The fourth-order valence-corrected chi connectivity index (χ4v) is 5.62. The van der Waals surface area contributed by atoms with Crippen LogP contribution in [0.25, 0.3) is 21.8 Å². The quantitative estimate of drug-likeness (QED) is 0.707. The van der Waals surface area contributed by atoms with Gasteiger partial charge in [-0.25, -0.2) is 8.42 Å². The van der Waals surface area contributed by atoms with E-state index < -0.39 is 16.1 Å². The van der Waals surface area contributed by atoms with Crippen molar-refractivity contribution in [2.24, 2.45) is 0 Å². The predicted octanol–water partition coefficient (Wildman–Crippen LogP) is 3.36. The van der Waals surface area contributed by atoms with Crippen molar-refractivity contribution in [3.05, 3.63) is 48.5 Å². The number of para-hydroxylation sites is 2. The van der Waals surface area contributed by atoms with E-state index in [4.69, 9.17) is 0 Å². The number of nitrogens with zero attached hydrogens (tertiary/aromatic N) is 2. The lowest BCUT2D eigenvalue weighted by Gasteiger charge is -2.28. The molecule has 144 valence electrons. The molecule has 0 spiro atoms. The van der Waals surface area contributed by atoms with Crippen molar-refractivity contribution < 1.29 is 13.5 Å². The lowest BCUT2D eigenvalue weighted by atomic mass is 10.2. The molecule has 1 saturated carbocycles. The Balaban J connectivity index is 1.65. The van der Waals surface area contributed by atoms with Crippen LogP contribution in [0.2, 0.25) is 0 Å². The summed E-state index contributed by atoms with van der Waals surface area (Å²) in [5.74, 6) is 0. The third kappa shape index (κ3) is 3.61. The van der Waals surface area contributed by atoms with Crippen molar-refractivity contribution >= 4 is 31.8 Å². The molecule has 0 amide bonds. The second-order valence-corrected chi connectivity index (χ2v) is 9.50. The van der Waals surface area contributed by atoms with E-state index in [0.29, 0.717) is 6.54 Å². The summed E-state index contributed by atoms with van der Waals surface area (Å²) in [6.45, 7) is 0.511. The molecule has 0 bridgehead atoms. The van der Waals surface area contributed by atoms with Gasteiger partial charge in [0.25, 0.3) is 0 Å². The van der Waals surface area contributed by atoms with Crippen molar-refractivity contribution in [2.75, 3.05) is 12.8 Å². The number of rotatable bonds is 6. The molecule has 1 aromatic heterocycles. The van der Waals surface area contributed by atoms with Gasteiger partial charge in [-0.05, 0) is 25.0 Å². The maximum atomic E-state index is 12.3. The molecule has 6 heteroatoms. The summed E-state index contributed by atoms with van der Waals surface area (Å²) < 4.78 is 28.2. The number of hydrogen-bond donors (Lipinski definition) is 1. The van der Waals surface area contributed by atoms with E-state index in [1.165, 1.54) is 10.6 Å². The first-order chi connectivity index (χ1) is 12.9. The van der Waals surface area contributed by atoms with E-state index in [9.17, 15) is 13.5 Å². The van der Waals surface area contributed by atoms with Gasteiger partial charge in [0.2, 0.25) is 10.0 Å². The number of aromatic nitrogens is 1. The molecule has 1 aliphatic rings. The second kappa shape index (κ2) is 7.26. The number of sulfonamides is 1. The summed E-state index contributed by atoms with van der Waals surface area (Å²) in [5, 5.41) is 13.1. The highest BCUT2D eigenvalue weighted by atomic mass is 32.2. The molecule has 1 fully saturated rings. The molecule has 5 nitrogen and oxygen atoms in total. The van der Waals surface area contributed by atoms with E-state index >= 15 is 0 Å². The molecule has 1 atom stereocenters. The molecule has 1 heterocycles. The minimum absolute atomic E-state index is 0.0211. The van der Waals surface area contributed by atoms with Gasteiger partial charge >= 0.3 is 0 Å². The molecule has 2 aromatic carbocycles. The van der Waals surface area contributed by atoms with Crippen LogP contribution < -0.4 is 0 Å². The molecule has 0 saturated heterocycles. The maximum Gasteiger partial charge on any atom is 0.211 e. The fourth-order valence-electron chi connectivity index (χ4n) is 4.42. The monoisotopic (exact) mass is 386 g/mol. The zero-order valence-corrected chi connectivity index (χ0v) is 16.4. The summed E-state index contributed by atoms with van der Waals surface area (Å²) in [6, 6.07) is 16.3. The number of aliphatic hydroxyl groups is 1. The maximum absolute atomic E-state index is 12.3. The topological polar surface area (TPSA) is 62.5 Å². The van der Waals surface area contributed by atoms with E-state index in [-0.39, 0.29) is 12.6 Å². The molecule has 0 radical (unpaired) electrons. The normalized spacial score (nSPS) is 17.3. The largest absolute Gasteiger partial charge is 0.390 e. The van der Waals surface area contributed by atoms with Crippen LogP contribution in [0.5, 0.6) is 0 Å². The Morgan fingerprint density at radius 3 is 2.07 bits per heavy atom. The number of aliphatic hydroxyl groups excluding tert-OH is 1. The van der Waals surface area contributed by atoms with Crippen molar-refractivity contribution in [1.82, 2.24) is 8.87 Å². The van der Waals surface area contributed by atoms with Crippen LogP contribution in [0, 0.1) is 0 Å². The van der Waals surface area contributed by atoms with Gasteiger partial charge in [-0.1, -0.05) is 49.2 Å². The molecule has 4 rings (SSSR count). The zero-order chi connectivity index (χ0) is 19.0. The van der Waals surface area contributed by atoms with Crippen molar-refractivity contribution in [3.8, 4) is 0 Å². The van der Waals surface area contributed by atoms with Crippen LogP contribution in [0.3, 0.4) is 0 Å². The van der Waals surface area contributed by atoms with Crippen molar-refractivity contribution in [2.45, 2.75) is 44.4 Å². The fraction of sp³-hybridized carbons (Fsp3) is 0.429. The first kappa shape index (κ1) is 18.5. The van der Waals surface area contributed by atoms with Gasteiger partial charge in [0.1, 0.15) is 0 Å². The Labute approximate surface area is 160 Å². The van der Waals surface area contributed by atoms with E-state index in [2.05, 4.69) is 16.7 Å². The highest BCUT2D eigenvalue weighted by molar-refractivity contribution is 7.88. The lowest BCUT2D eigenvalue weighted by molar-refractivity contribution is 0.118. The minimum atomic E-state index is -3.34. The average molecular weight is 387 g/mol. The smallest absolute Gasteiger partial charge is 0.211 e. The highest BCUT2D eigenvalue weighted by Crippen LogP contribution is 2.30.